The number of carbonyl (C=O) groups is 2. The number of likely N-dealkylation sites (N-methyl/N-ethyl adjacent to an activating group) is 1. The van der Waals surface area contributed by atoms with E-state index in [2.05, 4.69) is 16.0 Å². The van der Waals surface area contributed by atoms with Crippen molar-refractivity contribution >= 4 is 23.2 Å². The Hall–Kier alpha value is -1.88. The molecule has 1 aromatic carbocycles. The summed E-state index contributed by atoms with van der Waals surface area (Å²) in [5.74, 6) is -0.160. The van der Waals surface area contributed by atoms with Crippen LogP contribution in [0.2, 0.25) is 0 Å². The lowest BCUT2D eigenvalue weighted by atomic mass is 9.95. The van der Waals surface area contributed by atoms with Crippen molar-refractivity contribution in [3.05, 3.63) is 24.3 Å². The highest BCUT2D eigenvalue weighted by atomic mass is 16.2. The molecule has 0 heterocycles. The molecule has 3 N–H and O–H groups in total. The first kappa shape index (κ1) is 17.2. The van der Waals surface area contributed by atoms with E-state index in [0.29, 0.717) is 11.4 Å². The van der Waals surface area contributed by atoms with Crippen molar-refractivity contribution in [1.82, 2.24) is 5.32 Å². The quantitative estimate of drug-likeness (QED) is 0.798. The van der Waals surface area contributed by atoms with E-state index in [0.717, 1.165) is 0 Å². The minimum atomic E-state index is -0.640. The van der Waals surface area contributed by atoms with Gasteiger partial charge in [0.15, 0.2) is 0 Å². The predicted molar refractivity (Wildman–Crippen MR) is 86.3 cm³/mol. The molecule has 0 atom stereocenters. The van der Waals surface area contributed by atoms with Crippen LogP contribution in [0.5, 0.6) is 0 Å². The first-order chi connectivity index (χ1) is 9.56. The third kappa shape index (κ3) is 4.86. The summed E-state index contributed by atoms with van der Waals surface area (Å²) < 4.78 is 0. The Kier molecular flexibility index (Phi) is 5.12. The lowest BCUT2D eigenvalue weighted by Gasteiger charge is -2.23. The molecule has 0 bridgehead atoms. The summed E-state index contributed by atoms with van der Waals surface area (Å²) in [5.41, 5.74) is 0.320. The molecule has 0 saturated heterocycles. The molecular formula is C16H25N3O2. The van der Waals surface area contributed by atoms with Crippen molar-refractivity contribution in [2.75, 3.05) is 17.7 Å². The minimum absolute atomic E-state index is 0.0457. The van der Waals surface area contributed by atoms with Crippen molar-refractivity contribution < 1.29 is 9.59 Å². The van der Waals surface area contributed by atoms with Gasteiger partial charge in [-0.25, -0.2) is 0 Å². The fraction of sp³-hybridized carbons (Fsp3) is 0.500. The monoisotopic (exact) mass is 291 g/mol. The van der Waals surface area contributed by atoms with Crippen LogP contribution in [0.1, 0.15) is 34.6 Å². The molecule has 5 nitrogen and oxygen atoms in total. The van der Waals surface area contributed by atoms with E-state index in [1.807, 2.05) is 20.8 Å². The molecule has 1 rings (SSSR count). The van der Waals surface area contributed by atoms with E-state index in [1.54, 1.807) is 45.2 Å². The first-order valence-electron chi connectivity index (χ1n) is 6.98. The fourth-order valence-corrected chi connectivity index (χ4v) is 1.36. The number of benzene rings is 1. The van der Waals surface area contributed by atoms with Gasteiger partial charge >= 0.3 is 0 Å². The Labute approximate surface area is 126 Å². The number of nitrogens with one attached hydrogen (secondary N) is 3. The van der Waals surface area contributed by atoms with Gasteiger partial charge in [0.2, 0.25) is 11.8 Å². The van der Waals surface area contributed by atoms with Crippen LogP contribution in [0.4, 0.5) is 11.4 Å². The van der Waals surface area contributed by atoms with Gasteiger partial charge in [0.05, 0.1) is 5.54 Å². The third-order valence-corrected chi connectivity index (χ3v) is 3.27. The molecule has 21 heavy (non-hydrogen) atoms. The zero-order valence-corrected chi connectivity index (χ0v) is 13.6. The van der Waals surface area contributed by atoms with Crippen molar-refractivity contribution in [2.24, 2.45) is 5.41 Å². The summed E-state index contributed by atoms with van der Waals surface area (Å²) in [5, 5.41) is 8.62. The summed E-state index contributed by atoms with van der Waals surface area (Å²) in [6.45, 7) is 9.19. The summed E-state index contributed by atoms with van der Waals surface area (Å²) in [6, 6.07) is 7.07. The zero-order chi connectivity index (χ0) is 16.3. The number of rotatable bonds is 4. The molecule has 0 radical (unpaired) electrons. The van der Waals surface area contributed by atoms with Gasteiger partial charge in [0, 0.05) is 16.8 Å². The van der Waals surface area contributed by atoms with Crippen molar-refractivity contribution in [3.63, 3.8) is 0 Å². The maximum Gasteiger partial charge on any atom is 0.244 e. The van der Waals surface area contributed by atoms with E-state index >= 15 is 0 Å². The molecule has 0 aliphatic heterocycles. The van der Waals surface area contributed by atoms with Gasteiger partial charge in [-0.3, -0.25) is 9.59 Å². The van der Waals surface area contributed by atoms with E-state index in [9.17, 15) is 9.59 Å². The number of hydrogen-bond donors (Lipinski definition) is 3. The van der Waals surface area contributed by atoms with Gasteiger partial charge in [0.25, 0.3) is 0 Å². The maximum atomic E-state index is 12.0. The fourth-order valence-electron chi connectivity index (χ4n) is 1.36. The lowest BCUT2D eigenvalue weighted by molar-refractivity contribution is -0.123. The van der Waals surface area contributed by atoms with E-state index in [1.165, 1.54) is 0 Å². The lowest BCUT2D eigenvalue weighted by Crippen LogP contribution is -2.47. The second kappa shape index (κ2) is 6.26. The third-order valence-electron chi connectivity index (χ3n) is 3.27. The van der Waals surface area contributed by atoms with Gasteiger partial charge in [-0.15, -0.1) is 0 Å². The van der Waals surface area contributed by atoms with Crippen LogP contribution in [0.3, 0.4) is 0 Å². The molecule has 1 aromatic rings. The van der Waals surface area contributed by atoms with Crippen LogP contribution in [0.15, 0.2) is 24.3 Å². The van der Waals surface area contributed by atoms with Gasteiger partial charge < -0.3 is 16.0 Å². The Morgan fingerprint density at radius 3 is 1.52 bits per heavy atom. The first-order valence-corrected chi connectivity index (χ1v) is 6.98. The molecular weight excluding hydrogens is 266 g/mol. The van der Waals surface area contributed by atoms with Crippen molar-refractivity contribution in [2.45, 2.75) is 40.2 Å². The maximum absolute atomic E-state index is 12.0. The average Bonchev–Trinajstić information content (AvgIpc) is 2.39. The Bertz CT molecular complexity index is 513. The van der Waals surface area contributed by atoms with Gasteiger partial charge in [-0.2, -0.15) is 0 Å². The number of hydrogen-bond acceptors (Lipinski definition) is 3. The van der Waals surface area contributed by atoms with Crippen LogP contribution in [-0.4, -0.2) is 24.4 Å². The summed E-state index contributed by atoms with van der Waals surface area (Å²) in [6.07, 6.45) is 0. The zero-order valence-electron chi connectivity index (χ0n) is 13.6. The smallest absolute Gasteiger partial charge is 0.244 e. The second-order valence-corrected chi connectivity index (χ2v) is 6.61. The largest absolute Gasteiger partial charge is 0.326 e. The van der Waals surface area contributed by atoms with Crippen LogP contribution in [-0.2, 0) is 9.59 Å². The van der Waals surface area contributed by atoms with Crippen LogP contribution in [0.25, 0.3) is 0 Å². The molecule has 0 aliphatic rings. The molecule has 0 fully saturated rings. The number of anilines is 2. The molecule has 116 valence electrons. The Morgan fingerprint density at radius 1 is 0.810 bits per heavy atom. The molecule has 5 heteroatoms. The van der Waals surface area contributed by atoms with Crippen LogP contribution < -0.4 is 16.0 Å². The van der Waals surface area contributed by atoms with Gasteiger partial charge in [0.1, 0.15) is 0 Å². The van der Waals surface area contributed by atoms with Crippen LogP contribution in [0, 0.1) is 5.41 Å². The van der Waals surface area contributed by atoms with Gasteiger partial charge in [-0.05, 0) is 45.2 Å². The Morgan fingerprint density at radius 2 is 1.19 bits per heavy atom. The van der Waals surface area contributed by atoms with Crippen molar-refractivity contribution in [1.29, 1.82) is 0 Å². The summed E-state index contributed by atoms with van der Waals surface area (Å²) in [4.78, 5) is 23.9. The normalized spacial score (nSPS) is 11.9. The molecule has 2 amide bonds. The second-order valence-electron chi connectivity index (χ2n) is 6.61. The molecule has 0 saturated carbocycles. The molecule has 0 aliphatic carbocycles. The van der Waals surface area contributed by atoms with E-state index in [4.69, 9.17) is 0 Å². The molecule has 0 unspecified atom stereocenters. The highest BCUT2D eigenvalue weighted by Gasteiger charge is 2.25. The highest BCUT2D eigenvalue weighted by molar-refractivity contribution is 5.98. The van der Waals surface area contributed by atoms with Crippen LogP contribution >= 0.6 is 0 Å². The minimum Gasteiger partial charge on any atom is -0.326 e. The van der Waals surface area contributed by atoms with E-state index in [-0.39, 0.29) is 11.8 Å². The average molecular weight is 291 g/mol. The Balaban J connectivity index is 2.71. The number of carbonyl (C=O) groups excluding carboxylic acids is 2. The topological polar surface area (TPSA) is 70.2 Å². The molecule has 0 aromatic heterocycles. The highest BCUT2D eigenvalue weighted by Crippen LogP contribution is 2.19. The van der Waals surface area contributed by atoms with Gasteiger partial charge in [-0.1, -0.05) is 20.8 Å². The van der Waals surface area contributed by atoms with E-state index < -0.39 is 11.0 Å². The molecule has 0 spiro atoms. The summed E-state index contributed by atoms with van der Waals surface area (Å²) >= 11 is 0. The SMILES string of the molecule is CNC(C)(C)C(=O)Nc1ccc(NC(=O)C(C)(C)C)cc1. The summed E-state index contributed by atoms with van der Waals surface area (Å²) in [7, 11) is 1.74. The number of amides is 2. The standard InChI is InChI=1S/C16H25N3O2/c1-15(2,3)13(20)18-11-7-9-12(10-8-11)19-14(21)16(4,5)17-6/h7-10,17H,1-6H3,(H,18,20)(H,19,21). The van der Waals surface area contributed by atoms with Crippen molar-refractivity contribution in [3.8, 4) is 0 Å². The predicted octanol–water partition coefficient (Wildman–Crippen LogP) is 2.61.